The van der Waals surface area contributed by atoms with E-state index in [2.05, 4.69) is 0 Å². The molecule has 1 saturated heterocycles. The van der Waals surface area contributed by atoms with Crippen molar-refractivity contribution >= 4 is 11.8 Å². The number of carbonyl (C=O) groups is 2. The lowest BCUT2D eigenvalue weighted by atomic mass is 9.90. The van der Waals surface area contributed by atoms with Gasteiger partial charge in [0.05, 0.1) is 5.92 Å². The van der Waals surface area contributed by atoms with Crippen LogP contribution in [0.15, 0.2) is 0 Å². The van der Waals surface area contributed by atoms with Crippen molar-refractivity contribution in [2.45, 2.75) is 57.5 Å². The van der Waals surface area contributed by atoms with Gasteiger partial charge in [-0.25, -0.2) is 0 Å². The number of hydrogen-bond acceptors (Lipinski definition) is 3. The molecule has 2 amide bonds. The van der Waals surface area contributed by atoms with Gasteiger partial charge in [0.2, 0.25) is 11.8 Å². The van der Waals surface area contributed by atoms with Crippen LogP contribution in [0.3, 0.4) is 0 Å². The van der Waals surface area contributed by atoms with E-state index in [0.29, 0.717) is 13.1 Å². The van der Waals surface area contributed by atoms with Crippen LogP contribution < -0.4 is 5.73 Å². The Bertz CT molecular complexity index is 395. The molecule has 0 aromatic rings. The third-order valence-electron chi connectivity index (χ3n) is 4.86. The Morgan fingerprint density at radius 1 is 1.20 bits per heavy atom. The number of amides is 2. The molecule has 2 fully saturated rings. The Morgan fingerprint density at radius 2 is 1.85 bits per heavy atom. The number of nitrogens with two attached hydrogens (primary N) is 1. The van der Waals surface area contributed by atoms with E-state index in [9.17, 15) is 9.59 Å². The van der Waals surface area contributed by atoms with Crippen molar-refractivity contribution in [3.05, 3.63) is 0 Å². The highest BCUT2D eigenvalue weighted by Crippen LogP contribution is 2.29. The van der Waals surface area contributed by atoms with Crippen LogP contribution in [-0.4, -0.2) is 53.3 Å². The normalized spacial score (nSPS) is 31.1. The molecule has 1 aliphatic carbocycles. The zero-order chi connectivity index (χ0) is 14.9. The molecular formula is C15H27N3O2. The highest BCUT2D eigenvalue weighted by Gasteiger charge is 2.45. The first kappa shape index (κ1) is 15.3. The van der Waals surface area contributed by atoms with E-state index in [0.717, 1.165) is 32.1 Å². The number of nitrogens with zero attached hydrogens (tertiary/aromatic N) is 2. The molecule has 2 rings (SSSR count). The second-order valence-corrected chi connectivity index (χ2v) is 6.68. The lowest BCUT2D eigenvalue weighted by Gasteiger charge is -2.46. The smallest absolute Gasteiger partial charge is 0.247 e. The van der Waals surface area contributed by atoms with Crippen LogP contribution in [0, 0.1) is 5.92 Å². The molecule has 0 radical (unpaired) electrons. The summed E-state index contributed by atoms with van der Waals surface area (Å²) in [5.74, 6) is -0.0295. The number of carbonyl (C=O) groups excluding carboxylic acids is 2. The van der Waals surface area contributed by atoms with E-state index in [4.69, 9.17) is 5.73 Å². The van der Waals surface area contributed by atoms with Gasteiger partial charge in [0.15, 0.2) is 0 Å². The predicted octanol–water partition coefficient (Wildman–Crippen LogP) is 0.973. The molecule has 1 heterocycles. The maximum Gasteiger partial charge on any atom is 0.247 e. The zero-order valence-electron chi connectivity index (χ0n) is 12.9. The van der Waals surface area contributed by atoms with Gasteiger partial charge in [0.1, 0.15) is 5.54 Å². The standard InChI is InChI=1S/C15H27N3O2/c1-15(2)14(20)17(3)9-10-18(15)13(19)11-7-5-4-6-8-12(11)16/h11-12H,4-10,16H2,1-3H3. The van der Waals surface area contributed by atoms with Gasteiger partial charge in [-0.15, -0.1) is 0 Å². The van der Waals surface area contributed by atoms with Gasteiger partial charge in [0, 0.05) is 26.2 Å². The van der Waals surface area contributed by atoms with E-state index in [1.165, 1.54) is 0 Å². The molecule has 0 aromatic carbocycles. The molecule has 2 N–H and O–H groups in total. The van der Waals surface area contributed by atoms with Gasteiger partial charge in [-0.1, -0.05) is 19.3 Å². The second-order valence-electron chi connectivity index (χ2n) is 6.68. The summed E-state index contributed by atoms with van der Waals surface area (Å²) in [6, 6.07) is -0.0597. The quantitative estimate of drug-likeness (QED) is 0.728. The Hall–Kier alpha value is -1.10. The number of likely N-dealkylation sites (N-methyl/N-ethyl adjacent to an activating group) is 1. The summed E-state index contributed by atoms with van der Waals surface area (Å²) < 4.78 is 0. The maximum atomic E-state index is 12.9. The largest absolute Gasteiger partial charge is 0.342 e. The van der Waals surface area contributed by atoms with Gasteiger partial charge >= 0.3 is 0 Å². The minimum absolute atomic E-state index is 0.0132. The summed E-state index contributed by atoms with van der Waals surface area (Å²) in [6.45, 7) is 4.89. The van der Waals surface area contributed by atoms with Crippen molar-refractivity contribution < 1.29 is 9.59 Å². The topological polar surface area (TPSA) is 66.6 Å². The van der Waals surface area contributed by atoms with Crippen LogP contribution in [0.2, 0.25) is 0 Å². The number of hydrogen-bond donors (Lipinski definition) is 1. The van der Waals surface area contributed by atoms with E-state index >= 15 is 0 Å². The van der Waals surface area contributed by atoms with Crippen molar-refractivity contribution in [3.8, 4) is 0 Å². The summed E-state index contributed by atoms with van der Waals surface area (Å²) in [5, 5.41) is 0. The molecule has 1 aliphatic heterocycles. The number of rotatable bonds is 1. The molecule has 2 unspecified atom stereocenters. The van der Waals surface area contributed by atoms with Gasteiger partial charge in [-0.3, -0.25) is 9.59 Å². The van der Waals surface area contributed by atoms with Crippen molar-refractivity contribution in [1.82, 2.24) is 9.80 Å². The summed E-state index contributed by atoms with van der Waals surface area (Å²) >= 11 is 0. The van der Waals surface area contributed by atoms with E-state index in [-0.39, 0.29) is 23.8 Å². The summed E-state index contributed by atoms with van der Waals surface area (Å²) in [6.07, 6.45) is 5.10. The fourth-order valence-corrected chi connectivity index (χ4v) is 3.44. The summed E-state index contributed by atoms with van der Waals surface area (Å²) in [7, 11) is 1.79. The SMILES string of the molecule is CN1CCN(C(=O)C2CCCCCC2N)C(C)(C)C1=O. The maximum absolute atomic E-state index is 12.9. The van der Waals surface area contributed by atoms with Gasteiger partial charge in [0.25, 0.3) is 0 Å². The van der Waals surface area contributed by atoms with E-state index in [1.807, 2.05) is 13.8 Å². The highest BCUT2D eigenvalue weighted by atomic mass is 16.2. The van der Waals surface area contributed by atoms with Gasteiger partial charge in [-0.05, 0) is 26.7 Å². The minimum Gasteiger partial charge on any atom is -0.342 e. The first-order valence-electron chi connectivity index (χ1n) is 7.68. The van der Waals surface area contributed by atoms with Crippen molar-refractivity contribution in [3.63, 3.8) is 0 Å². The van der Waals surface area contributed by atoms with Gasteiger partial charge < -0.3 is 15.5 Å². The Morgan fingerprint density at radius 3 is 2.55 bits per heavy atom. The second kappa shape index (κ2) is 5.72. The zero-order valence-corrected chi connectivity index (χ0v) is 12.9. The molecule has 2 atom stereocenters. The minimum atomic E-state index is -0.754. The average molecular weight is 281 g/mol. The Kier molecular flexibility index (Phi) is 4.37. The van der Waals surface area contributed by atoms with Crippen LogP contribution in [0.25, 0.3) is 0 Å². The molecule has 5 nitrogen and oxygen atoms in total. The lowest BCUT2D eigenvalue weighted by molar-refractivity contribution is -0.160. The predicted molar refractivity (Wildman–Crippen MR) is 78.0 cm³/mol. The highest BCUT2D eigenvalue weighted by molar-refractivity contribution is 5.92. The van der Waals surface area contributed by atoms with E-state index in [1.54, 1.807) is 16.8 Å². The van der Waals surface area contributed by atoms with Crippen molar-refractivity contribution in [2.24, 2.45) is 11.7 Å². The fraction of sp³-hybridized carbons (Fsp3) is 0.867. The van der Waals surface area contributed by atoms with Crippen molar-refractivity contribution in [1.29, 1.82) is 0 Å². The van der Waals surface area contributed by atoms with Gasteiger partial charge in [-0.2, -0.15) is 0 Å². The average Bonchev–Trinajstić information content (AvgIpc) is 2.60. The molecule has 2 aliphatic rings. The fourth-order valence-electron chi connectivity index (χ4n) is 3.44. The molecule has 5 heteroatoms. The van der Waals surface area contributed by atoms with Crippen LogP contribution in [0.4, 0.5) is 0 Å². The van der Waals surface area contributed by atoms with Crippen LogP contribution in [0.5, 0.6) is 0 Å². The summed E-state index contributed by atoms with van der Waals surface area (Å²) in [5.41, 5.74) is 5.44. The van der Waals surface area contributed by atoms with Crippen LogP contribution in [0.1, 0.15) is 46.0 Å². The molecule has 114 valence electrons. The third-order valence-corrected chi connectivity index (χ3v) is 4.86. The van der Waals surface area contributed by atoms with Crippen LogP contribution >= 0.6 is 0 Å². The first-order chi connectivity index (χ1) is 9.35. The Labute approximate surface area is 121 Å². The molecule has 0 aromatic heterocycles. The molecule has 0 spiro atoms. The molecule has 0 bridgehead atoms. The Balaban J connectivity index is 2.17. The monoisotopic (exact) mass is 281 g/mol. The number of piperazine rings is 1. The lowest BCUT2D eigenvalue weighted by Crippen LogP contribution is -2.65. The molecule has 1 saturated carbocycles. The van der Waals surface area contributed by atoms with Crippen molar-refractivity contribution in [2.75, 3.05) is 20.1 Å². The van der Waals surface area contributed by atoms with Crippen LogP contribution in [-0.2, 0) is 9.59 Å². The summed E-state index contributed by atoms with van der Waals surface area (Å²) in [4.78, 5) is 28.6. The molecule has 20 heavy (non-hydrogen) atoms. The van der Waals surface area contributed by atoms with E-state index < -0.39 is 5.54 Å². The first-order valence-corrected chi connectivity index (χ1v) is 7.68. The molecular weight excluding hydrogens is 254 g/mol. The third kappa shape index (κ3) is 2.68.